The molecule has 2 aromatic rings. The molecule has 0 spiro atoms. The van der Waals surface area contributed by atoms with Crippen LogP contribution in [0.4, 0.5) is 5.82 Å². The lowest BCUT2D eigenvalue weighted by molar-refractivity contribution is 0.105. The van der Waals surface area contributed by atoms with E-state index in [1.54, 1.807) is 18.2 Å². The van der Waals surface area contributed by atoms with Crippen molar-refractivity contribution in [3.05, 3.63) is 35.5 Å². The van der Waals surface area contributed by atoms with Gasteiger partial charge < -0.3 is 15.2 Å². The molecule has 2 N–H and O–H groups in total. The molecule has 0 radical (unpaired) electrons. The number of hydrogen-bond donors (Lipinski definition) is 1. The van der Waals surface area contributed by atoms with E-state index in [2.05, 4.69) is 10.1 Å². The van der Waals surface area contributed by atoms with Gasteiger partial charge in [-0.3, -0.25) is 9.79 Å². The predicted octanol–water partition coefficient (Wildman–Crippen LogP) is 1.89. The van der Waals surface area contributed by atoms with Crippen molar-refractivity contribution < 1.29 is 14.3 Å². The normalized spacial score (nSPS) is 11.3. The fourth-order valence-corrected chi connectivity index (χ4v) is 2.17. The van der Waals surface area contributed by atoms with Gasteiger partial charge in [-0.1, -0.05) is 0 Å². The number of aromatic nitrogens is 2. The zero-order valence-electron chi connectivity index (χ0n) is 14.5. The number of hydrogen-bond acceptors (Lipinski definition) is 7. The number of carbonyl (C=O) groups excluding carboxylic acids is 1. The number of Topliss-reactive ketones (excluding diaryl/α,β-unsaturated/α-hetero) is 1. The lowest BCUT2D eigenvalue weighted by Crippen LogP contribution is -2.27. The SMILES string of the molecule is COc1ccc(C(=O)C(=NC(C)C)n2ncc(C#N)c2N)c(OC)c1. The van der Waals surface area contributed by atoms with Gasteiger partial charge in [0, 0.05) is 12.1 Å². The van der Waals surface area contributed by atoms with Crippen molar-refractivity contribution in [2.45, 2.75) is 19.9 Å². The van der Waals surface area contributed by atoms with E-state index in [-0.39, 0.29) is 28.8 Å². The second kappa shape index (κ2) is 7.49. The molecule has 0 atom stereocenters. The third-order valence-corrected chi connectivity index (χ3v) is 3.36. The van der Waals surface area contributed by atoms with Crippen molar-refractivity contribution in [1.82, 2.24) is 9.78 Å². The Morgan fingerprint density at radius 3 is 2.60 bits per heavy atom. The highest BCUT2D eigenvalue weighted by atomic mass is 16.5. The van der Waals surface area contributed by atoms with E-state index < -0.39 is 5.78 Å². The van der Waals surface area contributed by atoms with Crippen molar-refractivity contribution >= 4 is 17.4 Å². The molecule has 0 amide bonds. The number of ether oxygens (including phenoxy) is 2. The lowest BCUT2D eigenvalue weighted by atomic mass is 10.1. The first-order valence-electron chi connectivity index (χ1n) is 7.51. The molecule has 1 heterocycles. The van der Waals surface area contributed by atoms with Crippen LogP contribution in [0.1, 0.15) is 29.8 Å². The standard InChI is InChI=1S/C17H19N5O3/c1-10(2)21-17(22-16(19)11(8-18)9-20-22)15(23)13-6-5-12(24-3)7-14(13)25-4/h5-7,9-10H,19H2,1-4H3. The summed E-state index contributed by atoms with van der Waals surface area (Å²) < 4.78 is 11.6. The Morgan fingerprint density at radius 1 is 1.36 bits per heavy atom. The van der Waals surface area contributed by atoms with Crippen molar-refractivity contribution in [3.63, 3.8) is 0 Å². The van der Waals surface area contributed by atoms with Gasteiger partial charge in [0.2, 0.25) is 5.78 Å². The van der Waals surface area contributed by atoms with Crippen LogP contribution >= 0.6 is 0 Å². The van der Waals surface area contributed by atoms with Crippen LogP contribution in [-0.2, 0) is 0 Å². The Balaban J connectivity index is 2.58. The number of nitrogen functional groups attached to an aromatic ring is 1. The molecular formula is C17H19N5O3. The summed E-state index contributed by atoms with van der Waals surface area (Å²) in [5.74, 6) is 0.542. The molecule has 1 aromatic carbocycles. The van der Waals surface area contributed by atoms with Crippen LogP contribution in [-0.4, -0.2) is 41.7 Å². The minimum absolute atomic E-state index is 0.0115. The van der Waals surface area contributed by atoms with Gasteiger partial charge in [-0.15, -0.1) is 0 Å². The van der Waals surface area contributed by atoms with E-state index in [0.717, 1.165) is 0 Å². The zero-order valence-corrected chi connectivity index (χ0v) is 14.5. The minimum Gasteiger partial charge on any atom is -0.497 e. The summed E-state index contributed by atoms with van der Waals surface area (Å²) in [5, 5.41) is 13.1. The fraction of sp³-hybridized carbons (Fsp3) is 0.294. The van der Waals surface area contributed by atoms with Gasteiger partial charge in [0.05, 0.1) is 26.0 Å². The molecule has 0 bridgehead atoms. The van der Waals surface area contributed by atoms with E-state index in [1.165, 1.54) is 25.1 Å². The van der Waals surface area contributed by atoms with Gasteiger partial charge in [0.15, 0.2) is 5.84 Å². The molecular weight excluding hydrogens is 322 g/mol. The van der Waals surface area contributed by atoms with Gasteiger partial charge in [-0.2, -0.15) is 15.0 Å². The predicted molar refractivity (Wildman–Crippen MR) is 93.2 cm³/mol. The first-order chi connectivity index (χ1) is 11.9. The lowest BCUT2D eigenvalue weighted by Gasteiger charge is -2.13. The summed E-state index contributed by atoms with van der Waals surface area (Å²) >= 11 is 0. The summed E-state index contributed by atoms with van der Waals surface area (Å²) in [4.78, 5) is 17.4. The summed E-state index contributed by atoms with van der Waals surface area (Å²) in [6.45, 7) is 3.65. The molecule has 25 heavy (non-hydrogen) atoms. The highest BCUT2D eigenvalue weighted by Gasteiger charge is 2.24. The van der Waals surface area contributed by atoms with Crippen molar-refractivity contribution in [1.29, 1.82) is 5.26 Å². The molecule has 0 saturated heterocycles. The Labute approximate surface area is 145 Å². The Morgan fingerprint density at radius 2 is 2.08 bits per heavy atom. The van der Waals surface area contributed by atoms with Crippen LogP contribution in [0.5, 0.6) is 11.5 Å². The average molecular weight is 341 g/mol. The molecule has 0 aliphatic heterocycles. The van der Waals surface area contributed by atoms with Gasteiger partial charge in [-0.25, -0.2) is 0 Å². The van der Waals surface area contributed by atoms with Gasteiger partial charge in [-0.05, 0) is 26.0 Å². The second-order valence-corrected chi connectivity index (χ2v) is 5.41. The highest BCUT2D eigenvalue weighted by Crippen LogP contribution is 2.26. The molecule has 0 aliphatic carbocycles. The third-order valence-electron chi connectivity index (χ3n) is 3.36. The zero-order chi connectivity index (χ0) is 18.6. The van der Waals surface area contributed by atoms with Crippen LogP contribution in [0.3, 0.4) is 0 Å². The monoisotopic (exact) mass is 341 g/mol. The number of rotatable bonds is 5. The average Bonchev–Trinajstić information content (AvgIpc) is 2.98. The topological polar surface area (TPSA) is 116 Å². The molecule has 0 aliphatic rings. The quantitative estimate of drug-likeness (QED) is 0.504. The highest BCUT2D eigenvalue weighted by molar-refractivity contribution is 6.46. The fourth-order valence-electron chi connectivity index (χ4n) is 2.17. The van der Waals surface area contributed by atoms with E-state index >= 15 is 0 Å². The van der Waals surface area contributed by atoms with Crippen molar-refractivity contribution in [2.24, 2.45) is 4.99 Å². The number of ketones is 1. The second-order valence-electron chi connectivity index (χ2n) is 5.41. The number of anilines is 1. The Hall–Kier alpha value is -3.34. The first-order valence-corrected chi connectivity index (χ1v) is 7.51. The minimum atomic E-state index is -0.424. The van der Waals surface area contributed by atoms with Crippen LogP contribution in [0.15, 0.2) is 29.4 Å². The summed E-state index contributed by atoms with van der Waals surface area (Å²) in [5.41, 5.74) is 6.38. The molecule has 0 saturated carbocycles. The molecule has 0 unspecified atom stereocenters. The third kappa shape index (κ3) is 3.61. The summed E-state index contributed by atoms with van der Waals surface area (Å²) in [7, 11) is 2.98. The van der Waals surface area contributed by atoms with Crippen LogP contribution in [0.25, 0.3) is 0 Å². The summed E-state index contributed by atoms with van der Waals surface area (Å²) in [6.07, 6.45) is 1.30. The van der Waals surface area contributed by atoms with Crippen LogP contribution in [0, 0.1) is 11.3 Å². The summed E-state index contributed by atoms with van der Waals surface area (Å²) in [6, 6.07) is 6.58. The molecule has 8 nitrogen and oxygen atoms in total. The number of methoxy groups -OCH3 is 2. The van der Waals surface area contributed by atoms with E-state index in [9.17, 15) is 4.79 Å². The maximum absolute atomic E-state index is 13.1. The number of nitrogens with two attached hydrogens (primary N) is 1. The Kier molecular flexibility index (Phi) is 5.39. The molecule has 130 valence electrons. The number of benzene rings is 1. The molecule has 0 fully saturated rings. The van der Waals surface area contributed by atoms with Crippen molar-refractivity contribution in [2.75, 3.05) is 20.0 Å². The van der Waals surface area contributed by atoms with Gasteiger partial charge in [0.1, 0.15) is 28.9 Å². The smallest absolute Gasteiger partial charge is 0.233 e. The van der Waals surface area contributed by atoms with Gasteiger partial charge >= 0.3 is 0 Å². The number of aliphatic imine (C=N–C) groups is 1. The first kappa shape index (κ1) is 18.0. The van der Waals surface area contributed by atoms with E-state index in [0.29, 0.717) is 11.5 Å². The van der Waals surface area contributed by atoms with Crippen molar-refractivity contribution in [3.8, 4) is 17.6 Å². The van der Waals surface area contributed by atoms with E-state index in [4.69, 9.17) is 20.5 Å². The maximum atomic E-state index is 13.1. The number of nitriles is 1. The largest absolute Gasteiger partial charge is 0.497 e. The van der Waals surface area contributed by atoms with Crippen LogP contribution in [0.2, 0.25) is 0 Å². The molecule has 8 heteroatoms. The maximum Gasteiger partial charge on any atom is 0.233 e. The number of carbonyl (C=O) groups is 1. The van der Waals surface area contributed by atoms with E-state index in [1.807, 2.05) is 19.9 Å². The molecule has 1 aromatic heterocycles. The number of nitrogens with zero attached hydrogens (tertiary/aromatic N) is 4. The molecule has 2 rings (SSSR count). The van der Waals surface area contributed by atoms with Gasteiger partial charge in [0.25, 0.3) is 0 Å². The van der Waals surface area contributed by atoms with Crippen LogP contribution < -0.4 is 15.2 Å². The Bertz CT molecular complexity index is 862.